The van der Waals surface area contributed by atoms with E-state index in [1.165, 1.54) is 37.4 Å². The Balaban J connectivity index is 1.76. The van der Waals surface area contributed by atoms with Crippen molar-refractivity contribution in [2.24, 2.45) is 0 Å². The zero-order valence-corrected chi connectivity index (χ0v) is 15.7. The molecule has 3 rings (SSSR count). The molecule has 2 aromatic carbocycles. The van der Waals surface area contributed by atoms with E-state index in [4.69, 9.17) is 16.3 Å². The first-order chi connectivity index (χ1) is 13.4. The lowest BCUT2D eigenvalue weighted by Crippen LogP contribution is -2.36. The Hall–Kier alpha value is -2.61. The molecule has 0 aromatic heterocycles. The predicted molar refractivity (Wildman–Crippen MR) is 98.6 cm³/mol. The number of hydrogen-bond donors (Lipinski definition) is 1. The number of benzene rings is 2. The molecule has 2 aromatic rings. The van der Waals surface area contributed by atoms with Crippen molar-refractivity contribution in [2.75, 3.05) is 12.4 Å². The largest absolute Gasteiger partial charge is 0.493 e. The van der Waals surface area contributed by atoms with Gasteiger partial charge in [-0.15, -0.1) is 0 Å². The van der Waals surface area contributed by atoms with Gasteiger partial charge in [-0.25, -0.2) is 9.18 Å². The van der Waals surface area contributed by atoms with Crippen LogP contribution in [0.25, 0.3) is 0 Å². The highest BCUT2D eigenvalue weighted by molar-refractivity contribution is 6.30. The van der Waals surface area contributed by atoms with E-state index in [2.05, 4.69) is 10.1 Å². The van der Waals surface area contributed by atoms with Gasteiger partial charge >= 0.3 is 12.6 Å². The number of halogens is 4. The maximum atomic E-state index is 13.9. The molecule has 1 N–H and O–H groups in total. The number of ether oxygens (including phenoxy) is 2. The van der Waals surface area contributed by atoms with Crippen LogP contribution in [0.1, 0.15) is 18.4 Å². The van der Waals surface area contributed by atoms with Crippen LogP contribution in [0.2, 0.25) is 5.02 Å². The highest BCUT2D eigenvalue weighted by Crippen LogP contribution is 2.33. The van der Waals surface area contributed by atoms with Crippen molar-refractivity contribution < 1.29 is 27.4 Å². The van der Waals surface area contributed by atoms with E-state index < -0.39 is 18.5 Å². The Bertz CT molecular complexity index is 862. The van der Waals surface area contributed by atoms with Crippen LogP contribution in [0.15, 0.2) is 36.4 Å². The zero-order valence-electron chi connectivity index (χ0n) is 14.9. The summed E-state index contributed by atoms with van der Waals surface area (Å²) < 4.78 is 48.3. The van der Waals surface area contributed by atoms with E-state index in [1.807, 2.05) is 0 Å². The molecular formula is C19H18ClF3N2O3. The summed E-state index contributed by atoms with van der Waals surface area (Å²) in [5.74, 6) is -0.553. The van der Waals surface area contributed by atoms with Gasteiger partial charge in [0, 0.05) is 17.6 Å². The van der Waals surface area contributed by atoms with Crippen molar-refractivity contribution >= 4 is 23.3 Å². The molecule has 0 heterocycles. The van der Waals surface area contributed by atoms with Crippen molar-refractivity contribution in [3.63, 3.8) is 0 Å². The molecular weight excluding hydrogens is 397 g/mol. The molecule has 1 aliphatic carbocycles. The Morgan fingerprint density at radius 1 is 1.25 bits per heavy atom. The molecule has 150 valence electrons. The number of nitrogens with zero attached hydrogens (tertiary/aromatic N) is 1. The second-order valence-corrected chi connectivity index (χ2v) is 6.71. The van der Waals surface area contributed by atoms with Gasteiger partial charge in [-0.05, 0) is 48.7 Å². The van der Waals surface area contributed by atoms with Crippen molar-refractivity contribution in [3.05, 3.63) is 52.8 Å². The van der Waals surface area contributed by atoms with Crippen molar-refractivity contribution in [2.45, 2.75) is 32.0 Å². The summed E-state index contributed by atoms with van der Waals surface area (Å²) in [7, 11) is 1.34. The SMILES string of the molecule is COc1cc(CN(C(=O)Nc2cc(Cl)ccc2F)C2CC2)ccc1OC(F)F. The fraction of sp³-hybridized carbons (Fsp3) is 0.316. The lowest BCUT2D eigenvalue weighted by molar-refractivity contribution is -0.0512. The number of rotatable bonds is 7. The van der Waals surface area contributed by atoms with Gasteiger partial charge in [-0.3, -0.25) is 0 Å². The van der Waals surface area contributed by atoms with Crippen LogP contribution in [0.4, 0.5) is 23.7 Å². The van der Waals surface area contributed by atoms with Gasteiger partial charge in [0.05, 0.1) is 12.8 Å². The highest BCUT2D eigenvalue weighted by atomic mass is 35.5. The average Bonchev–Trinajstić information content (AvgIpc) is 3.48. The molecule has 0 bridgehead atoms. The van der Waals surface area contributed by atoms with Crippen molar-refractivity contribution in [1.29, 1.82) is 0 Å². The fourth-order valence-corrected chi connectivity index (χ4v) is 2.91. The number of hydrogen-bond acceptors (Lipinski definition) is 3. The third-order valence-corrected chi connectivity index (χ3v) is 4.45. The number of methoxy groups -OCH3 is 1. The number of urea groups is 1. The number of carbonyl (C=O) groups is 1. The summed E-state index contributed by atoms with van der Waals surface area (Å²) in [6, 6.07) is 7.90. The van der Waals surface area contributed by atoms with E-state index in [9.17, 15) is 18.0 Å². The van der Waals surface area contributed by atoms with Crippen LogP contribution in [0.3, 0.4) is 0 Å². The van der Waals surface area contributed by atoms with Gasteiger partial charge < -0.3 is 19.7 Å². The highest BCUT2D eigenvalue weighted by Gasteiger charge is 2.33. The standard InChI is InChI=1S/C19H18ClF3N2O3/c1-27-17-8-11(2-7-16(17)28-18(22)23)10-25(13-4-5-13)19(26)24-15-9-12(20)3-6-14(15)21/h2-3,6-9,13,18H,4-5,10H2,1H3,(H,24,26). The van der Waals surface area contributed by atoms with Crippen LogP contribution in [-0.2, 0) is 6.54 Å². The second-order valence-electron chi connectivity index (χ2n) is 6.28. The lowest BCUT2D eigenvalue weighted by Gasteiger charge is -2.23. The molecule has 0 atom stereocenters. The maximum Gasteiger partial charge on any atom is 0.387 e. The quantitative estimate of drug-likeness (QED) is 0.670. The Morgan fingerprint density at radius 2 is 2.00 bits per heavy atom. The normalized spacial score (nSPS) is 13.4. The van der Waals surface area contributed by atoms with Crippen molar-refractivity contribution in [3.8, 4) is 11.5 Å². The first-order valence-corrected chi connectivity index (χ1v) is 8.89. The van der Waals surface area contributed by atoms with E-state index in [0.717, 1.165) is 12.8 Å². The van der Waals surface area contributed by atoms with Crippen molar-refractivity contribution in [1.82, 2.24) is 4.90 Å². The molecule has 1 saturated carbocycles. The van der Waals surface area contributed by atoms with Crippen LogP contribution >= 0.6 is 11.6 Å². The summed E-state index contributed by atoms with van der Waals surface area (Å²) in [5, 5.41) is 2.83. The molecule has 1 fully saturated rings. The van der Waals surface area contributed by atoms with Gasteiger partial charge in [0.2, 0.25) is 0 Å². The van der Waals surface area contributed by atoms with E-state index in [0.29, 0.717) is 10.6 Å². The Kier molecular flexibility index (Phi) is 6.18. The monoisotopic (exact) mass is 414 g/mol. The first-order valence-electron chi connectivity index (χ1n) is 8.51. The summed E-state index contributed by atoms with van der Waals surface area (Å²) in [5.41, 5.74) is 0.647. The Morgan fingerprint density at radius 3 is 2.64 bits per heavy atom. The first kappa shape index (κ1) is 20.1. The minimum Gasteiger partial charge on any atom is -0.493 e. The average molecular weight is 415 g/mol. The minimum atomic E-state index is -2.97. The fourth-order valence-electron chi connectivity index (χ4n) is 2.73. The molecule has 0 aliphatic heterocycles. The molecule has 5 nitrogen and oxygen atoms in total. The summed E-state index contributed by atoms with van der Waals surface area (Å²) in [4.78, 5) is 14.2. The zero-order chi connectivity index (χ0) is 20.3. The molecule has 0 radical (unpaired) electrons. The van der Waals surface area contributed by atoms with Crippen LogP contribution in [0.5, 0.6) is 11.5 Å². The molecule has 1 aliphatic rings. The molecule has 2 amide bonds. The third kappa shape index (κ3) is 5.01. The minimum absolute atomic E-state index is 0.0126. The number of nitrogens with one attached hydrogen (secondary N) is 1. The number of anilines is 1. The Labute approximate surface area is 165 Å². The van der Waals surface area contributed by atoms with Gasteiger partial charge in [0.25, 0.3) is 0 Å². The van der Waals surface area contributed by atoms with Crippen LogP contribution in [-0.4, -0.2) is 30.7 Å². The molecule has 0 saturated heterocycles. The van der Waals surface area contributed by atoms with E-state index >= 15 is 0 Å². The molecule has 0 spiro atoms. The van der Waals surface area contributed by atoms with Gasteiger partial charge in [0.15, 0.2) is 11.5 Å². The number of carbonyl (C=O) groups excluding carboxylic acids is 1. The maximum absolute atomic E-state index is 13.9. The van der Waals surface area contributed by atoms with E-state index in [-0.39, 0.29) is 29.8 Å². The van der Waals surface area contributed by atoms with Crippen LogP contribution < -0.4 is 14.8 Å². The summed E-state index contributed by atoms with van der Waals surface area (Å²) >= 11 is 5.86. The molecule has 9 heteroatoms. The second kappa shape index (κ2) is 8.60. The lowest BCUT2D eigenvalue weighted by atomic mass is 10.2. The van der Waals surface area contributed by atoms with Gasteiger partial charge in [-0.2, -0.15) is 8.78 Å². The van der Waals surface area contributed by atoms with Gasteiger partial charge in [0.1, 0.15) is 5.82 Å². The predicted octanol–water partition coefficient (Wildman–Crippen LogP) is 5.29. The smallest absolute Gasteiger partial charge is 0.387 e. The van der Waals surface area contributed by atoms with Gasteiger partial charge in [-0.1, -0.05) is 17.7 Å². The summed E-state index contributed by atoms with van der Waals surface area (Å²) in [6.07, 6.45) is 1.66. The topological polar surface area (TPSA) is 50.8 Å². The molecule has 0 unspecified atom stereocenters. The van der Waals surface area contributed by atoms with Crippen LogP contribution in [0, 0.1) is 5.82 Å². The molecule has 28 heavy (non-hydrogen) atoms. The summed E-state index contributed by atoms with van der Waals surface area (Å²) in [6.45, 7) is -2.77. The number of alkyl halides is 2. The third-order valence-electron chi connectivity index (χ3n) is 4.22. The number of amides is 2. The van der Waals surface area contributed by atoms with E-state index in [1.54, 1.807) is 11.0 Å².